The molecular weight excluding hydrogens is 274 g/mol. The third-order valence-corrected chi connectivity index (χ3v) is 4.92. The van der Waals surface area contributed by atoms with Gasteiger partial charge in [0.15, 0.2) is 0 Å². The first-order valence-corrected chi connectivity index (χ1v) is 8.46. The number of hydrogen-bond acceptors (Lipinski definition) is 3. The molecule has 4 heteroatoms. The Morgan fingerprint density at radius 1 is 1.27 bits per heavy atom. The number of nitrogens with one attached hydrogen (secondary N) is 1. The van der Waals surface area contributed by atoms with Gasteiger partial charge >= 0.3 is 0 Å². The zero-order chi connectivity index (χ0) is 16.0. The second kappa shape index (κ2) is 7.75. The molecule has 1 aliphatic rings. The van der Waals surface area contributed by atoms with Crippen LogP contribution in [-0.4, -0.2) is 30.4 Å². The maximum atomic E-state index is 12.6. The fourth-order valence-electron chi connectivity index (χ4n) is 3.29. The highest BCUT2D eigenvalue weighted by Crippen LogP contribution is 2.38. The molecule has 1 aromatic carbocycles. The SMILES string of the molecule is CCN(CC)Cc1cccc(NC(=O)C2(CN)CCCC2)c1. The van der Waals surface area contributed by atoms with Crippen LogP contribution in [-0.2, 0) is 11.3 Å². The normalized spacial score (nSPS) is 16.9. The molecule has 2 rings (SSSR count). The smallest absolute Gasteiger partial charge is 0.231 e. The van der Waals surface area contributed by atoms with E-state index in [-0.39, 0.29) is 11.3 Å². The number of nitrogens with zero attached hydrogens (tertiary/aromatic N) is 1. The van der Waals surface area contributed by atoms with E-state index in [1.54, 1.807) is 0 Å². The van der Waals surface area contributed by atoms with Gasteiger partial charge in [0.2, 0.25) is 5.91 Å². The van der Waals surface area contributed by atoms with Crippen molar-refractivity contribution >= 4 is 11.6 Å². The van der Waals surface area contributed by atoms with E-state index in [2.05, 4.69) is 36.2 Å². The fourth-order valence-corrected chi connectivity index (χ4v) is 3.29. The molecule has 0 spiro atoms. The molecule has 22 heavy (non-hydrogen) atoms. The van der Waals surface area contributed by atoms with E-state index in [0.717, 1.165) is 51.0 Å². The minimum absolute atomic E-state index is 0.0903. The van der Waals surface area contributed by atoms with Crippen LogP contribution in [0.4, 0.5) is 5.69 Å². The zero-order valence-corrected chi connectivity index (χ0v) is 13.9. The van der Waals surface area contributed by atoms with Crippen LogP contribution in [0.1, 0.15) is 45.1 Å². The van der Waals surface area contributed by atoms with Gasteiger partial charge in [-0.3, -0.25) is 9.69 Å². The third-order valence-electron chi connectivity index (χ3n) is 4.92. The minimum Gasteiger partial charge on any atom is -0.329 e. The van der Waals surface area contributed by atoms with Crippen LogP contribution in [0.15, 0.2) is 24.3 Å². The van der Waals surface area contributed by atoms with Gasteiger partial charge in [0.25, 0.3) is 0 Å². The Bertz CT molecular complexity index is 491. The molecule has 3 N–H and O–H groups in total. The molecule has 0 heterocycles. The monoisotopic (exact) mass is 303 g/mol. The van der Waals surface area contributed by atoms with Gasteiger partial charge in [0, 0.05) is 18.8 Å². The highest BCUT2D eigenvalue weighted by atomic mass is 16.2. The van der Waals surface area contributed by atoms with Gasteiger partial charge in [-0.05, 0) is 43.6 Å². The summed E-state index contributed by atoms with van der Waals surface area (Å²) in [5.41, 5.74) is 7.65. The van der Waals surface area contributed by atoms with E-state index >= 15 is 0 Å². The lowest BCUT2D eigenvalue weighted by atomic mass is 9.85. The lowest BCUT2D eigenvalue weighted by Crippen LogP contribution is -2.40. The van der Waals surface area contributed by atoms with Crippen molar-refractivity contribution in [3.05, 3.63) is 29.8 Å². The Kier molecular flexibility index (Phi) is 5.98. The number of benzene rings is 1. The average molecular weight is 303 g/mol. The van der Waals surface area contributed by atoms with Crippen molar-refractivity contribution in [1.29, 1.82) is 0 Å². The second-order valence-electron chi connectivity index (χ2n) is 6.31. The topological polar surface area (TPSA) is 58.4 Å². The lowest BCUT2D eigenvalue weighted by Gasteiger charge is -2.26. The van der Waals surface area contributed by atoms with Crippen LogP contribution in [0.2, 0.25) is 0 Å². The van der Waals surface area contributed by atoms with Crippen LogP contribution in [0.3, 0.4) is 0 Å². The molecular formula is C18H29N3O. The highest BCUT2D eigenvalue weighted by molar-refractivity contribution is 5.95. The number of rotatable bonds is 7. The predicted octanol–water partition coefficient (Wildman–Crippen LogP) is 2.99. The molecule has 4 nitrogen and oxygen atoms in total. The van der Waals surface area contributed by atoms with Crippen molar-refractivity contribution in [2.75, 3.05) is 25.0 Å². The van der Waals surface area contributed by atoms with Crippen LogP contribution in [0.25, 0.3) is 0 Å². The molecule has 122 valence electrons. The van der Waals surface area contributed by atoms with Crippen molar-refractivity contribution in [3.8, 4) is 0 Å². The van der Waals surface area contributed by atoms with Crippen LogP contribution in [0, 0.1) is 5.41 Å². The molecule has 0 saturated heterocycles. The van der Waals surface area contributed by atoms with E-state index in [9.17, 15) is 4.79 Å². The second-order valence-corrected chi connectivity index (χ2v) is 6.31. The van der Waals surface area contributed by atoms with Gasteiger partial charge in [0.05, 0.1) is 5.41 Å². The number of carbonyl (C=O) groups is 1. The molecule has 1 aliphatic carbocycles. The van der Waals surface area contributed by atoms with E-state index in [1.807, 2.05) is 12.1 Å². The molecule has 0 atom stereocenters. The predicted molar refractivity (Wildman–Crippen MR) is 91.7 cm³/mol. The number of amides is 1. The molecule has 1 aromatic rings. The van der Waals surface area contributed by atoms with Gasteiger partial charge in [-0.15, -0.1) is 0 Å². The summed E-state index contributed by atoms with van der Waals surface area (Å²) in [7, 11) is 0. The van der Waals surface area contributed by atoms with Gasteiger partial charge < -0.3 is 11.1 Å². The fraction of sp³-hybridized carbons (Fsp3) is 0.611. The number of nitrogens with two attached hydrogens (primary N) is 1. The van der Waals surface area contributed by atoms with Gasteiger partial charge in [-0.25, -0.2) is 0 Å². The Morgan fingerprint density at radius 2 is 1.95 bits per heavy atom. The van der Waals surface area contributed by atoms with Crippen molar-refractivity contribution in [2.45, 2.75) is 46.1 Å². The van der Waals surface area contributed by atoms with Crippen molar-refractivity contribution in [2.24, 2.45) is 11.1 Å². The maximum absolute atomic E-state index is 12.6. The summed E-state index contributed by atoms with van der Waals surface area (Å²) < 4.78 is 0. The summed E-state index contributed by atoms with van der Waals surface area (Å²) in [5.74, 6) is 0.0903. The number of carbonyl (C=O) groups excluding carboxylic acids is 1. The number of hydrogen-bond donors (Lipinski definition) is 2. The standard InChI is InChI=1S/C18H29N3O/c1-3-21(4-2)13-15-8-7-9-16(12-15)20-17(22)18(14-19)10-5-6-11-18/h7-9,12H,3-6,10-11,13-14,19H2,1-2H3,(H,20,22). The lowest BCUT2D eigenvalue weighted by molar-refractivity contribution is -0.124. The molecule has 0 aromatic heterocycles. The van der Waals surface area contributed by atoms with Crippen molar-refractivity contribution in [1.82, 2.24) is 4.90 Å². The number of anilines is 1. The van der Waals surface area contributed by atoms with Crippen molar-refractivity contribution < 1.29 is 4.79 Å². The Balaban J connectivity index is 2.05. The zero-order valence-electron chi connectivity index (χ0n) is 13.9. The van der Waals surface area contributed by atoms with Gasteiger partial charge in [0.1, 0.15) is 0 Å². The first-order valence-electron chi connectivity index (χ1n) is 8.46. The Hall–Kier alpha value is -1.39. The molecule has 0 unspecified atom stereocenters. The van der Waals surface area contributed by atoms with Gasteiger partial charge in [-0.1, -0.05) is 38.8 Å². The first kappa shape index (κ1) is 17.0. The van der Waals surface area contributed by atoms with E-state index in [0.29, 0.717) is 6.54 Å². The van der Waals surface area contributed by atoms with Crippen LogP contribution >= 0.6 is 0 Å². The summed E-state index contributed by atoms with van der Waals surface area (Å²) in [6.45, 7) is 7.75. The average Bonchev–Trinajstić information content (AvgIpc) is 3.03. The van der Waals surface area contributed by atoms with Crippen LogP contribution in [0.5, 0.6) is 0 Å². The van der Waals surface area contributed by atoms with Crippen LogP contribution < -0.4 is 11.1 Å². The summed E-state index contributed by atoms with van der Waals surface area (Å²) in [6, 6.07) is 8.17. The van der Waals surface area contributed by atoms with Gasteiger partial charge in [-0.2, -0.15) is 0 Å². The first-order chi connectivity index (χ1) is 10.6. The highest BCUT2D eigenvalue weighted by Gasteiger charge is 2.39. The Labute approximate surface area is 134 Å². The summed E-state index contributed by atoms with van der Waals surface area (Å²) in [4.78, 5) is 15.0. The molecule has 1 fully saturated rings. The van der Waals surface area contributed by atoms with E-state index in [1.165, 1.54) is 5.56 Å². The quantitative estimate of drug-likeness (QED) is 0.814. The van der Waals surface area contributed by atoms with E-state index in [4.69, 9.17) is 5.73 Å². The molecule has 0 aliphatic heterocycles. The molecule has 0 bridgehead atoms. The minimum atomic E-state index is -0.352. The van der Waals surface area contributed by atoms with E-state index < -0.39 is 0 Å². The van der Waals surface area contributed by atoms with Crippen molar-refractivity contribution in [3.63, 3.8) is 0 Å². The third kappa shape index (κ3) is 3.87. The molecule has 0 radical (unpaired) electrons. The molecule has 1 saturated carbocycles. The Morgan fingerprint density at radius 3 is 2.55 bits per heavy atom. The largest absolute Gasteiger partial charge is 0.329 e. The summed E-state index contributed by atoms with van der Waals surface area (Å²) >= 11 is 0. The molecule has 1 amide bonds. The summed E-state index contributed by atoms with van der Waals surface area (Å²) in [5, 5.41) is 3.09. The summed E-state index contributed by atoms with van der Waals surface area (Å²) in [6.07, 6.45) is 4.03. The maximum Gasteiger partial charge on any atom is 0.231 e.